The number of halogens is 1. The van der Waals surface area contributed by atoms with Crippen molar-refractivity contribution in [3.05, 3.63) is 23.4 Å². The van der Waals surface area contributed by atoms with Gasteiger partial charge in [-0.25, -0.2) is 4.98 Å². The lowest BCUT2D eigenvalue weighted by atomic mass is 9.89. The van der Waals surface area contributed by atoms with Crippen LogP contribution in [0.2, 0.25) is 5.02 Å². The van der Waals surface area contributed by atoms with E-state index in [1.165, 1.54) is 0 Å². The fourth-order valence-corrected chi connectivity index (χ4v) is 3.29. The SMILES string of the molecule is O[C@@H]1CCOC[C@@H]1[C@@H]1CCCN1c1ccc(Cl)cn1. The maximum Gasteiger partial charge on any atom is 0.128 e. The lowest BCUT2D eigenvalue weighted by molar-refractivity contribution is -0.0438. The maximum absolute atomic E-state index is 10.2. The van der Waals surface area contributed by atoms with Gasteiger partial charge in [-0.2, -0.15) is 0 Å². The van der Waals surface area contributed by atoms with Gasteiger partial charge in [0.25, 0.3) is 0 Å². The van der Waals surface area contributed by atoms with E-state index >= 15 is 0 Å². The van der Waals surface area contributed by atoms with Gasteiger partial charge in [-0.3, -0.25) is 0 Å². The molecule has 5 heteroatoms. The van der Waals surface area contributed by atoms with Gasteiger partial charge in [-0.15, -0.1) is 0 Å². The fourth-order valence-electron chi connectivity index (χ4n) is 3.18. The molecule has 1 N–H and O–H groups in total. The highest BCUT2D eigenvalue weighted by Gasteiger charge is 2.38. The van der Waals surface area contributed by atoms with E-state index in [2.05, 4.69) is 9.88 Å². The molecule has 0 aromatic carbocycles. The number of hydrogen-bond donors (Lipinski definition) is 1. The minimum absolute atomic E-state index is 0.189. The van der Waals surface area contributed by atoms with Crippen molar-refractivity contribution in [2.75, 3.05) is 24.7 Å². The molecule has 19 heavy (non-hydrogen) atoms. The molecule has 2 aliphatic rings. The number of aromatic nitrogens is 1. The molecular weight excluding hydrogens is 264 g/mol. The minimum Gasteiger partial charge on any atom is -0.393 e. The van der Waals surface area contributed by atoms with E-state index in [4.69, 9.17) is 16.3 Å². The summed E-state index contributed by atoms with van der Waals surface area (Å²) in [5, 5.41) is 10.8. The Bertz CT molecular complexity index is 426. The summed E-state index contributed by atoms with van der Waals surface area (Å²) in [4.78, 5) is 6.69. The smallest absolute Gasteiger partial charge is 0.128 e. The van der Waals surface area contributed by atoms with Gasteiger partial charge in [0.1, 0.15) is 5.82 Å². The Hall–Kier alpha value is -0.840. The first-order chi connectivity index (χ1) is 9.25. The van der Waals surface area contributed by atoms with Gasteiger partial charge < -0.3 is 14.7 Å². The van der Waals surface area contributed by atoms with Gasteiger partial charge in [0.15, 0.2) is 0 Å². The topological polar surface area (TPSA) is 45.6 Å². The Morgan fingerprint density at radius 1 is 1.37 bits per heavy atom. The third-order valence-electron chi connectivity index (χ3n) is 4.16. The van der Waals surface area contributed by atoms with Crippen molar-refractivity contribution in [3.63, 3.8) is 0 Å². The molecule has 4 nitrogen and oxygen atoms in total. The Morgan fingerprint density at radius 3 is 3.00 bits per heavy atom. The van der Waals surface area contributed by atoms with E-state index in [9.17, 15) is 5.11 Å². The average Bonchev–Trinajstić information content (AvgIpc) is 2.89. The molecule has 0 amide bonds. The van der Waals surface area contributed by atoms with Crippen LogP contribution in [0.1, 0.15) is 19.3 Å². The molecule has 3 atom stereocenters. The van der Waals surface area contributed by atoms with Crippen LogP contribution >= 0.6 is 11.6 Å². The van der Waals surface area contributed by atoms with Crippen molar-refractivity contribution >= 4 is 17.4 Å². The van der Waals surface area contributed by atoms with Crippen molar-refractivity contribution in [1.29, 1.82) is 0 Å². The number of pyridine rings is 1. The molecule has 2 aliphatic heterocycles. The van der Waals surface area contributed by atoms with Gasteiger partial charge >= 0.3 is 0 Å². The highest BCUT2D eigenvalue weighted by Crippen LogP contribution is 2.32. The van der Waals surface area contributed by atoms with Crippen molar-refractivity contribution in [1.82, 2.24) is 4.98 Å². The summed E-state index contributed by atoms with van der Waals surface area (Å²) < 4.78 is 5.54. The number of rotatable bonds is 2. The third-order valence-corrected chi connectivity index (χ3v) is 4.39. The lowest BCUT2D eigenvalue weighted by Crippen LogP contribution is -2.46. The van der Waals surface area contributed by atoms with E-state index < -0.39 is 0 Å². The number of hydrogen-bond acceptors (Lipinski definition) is 4. The molecule has 3 heterocycles. The second-order valence-electron chi connectivity index (χ2n) is 5.33. The van der Waals surface area contributed by atoms with Gasteiger partial charge in [0.2, 0.25) is 0 Å². The summed E-state index contributed by atoms with van der Waals surface area (Å²) in [5.74, 6) is 1.14. The summed E-state index contributed by atoms with van der Waals surface area (Å²) in [7, 11) is 0. The lowest BCUT2D eigenvalue weighted by Gasteiger charge is -2.37. The van der Waals surface area contributed by atoms with Crippen molar-refractivity contribution < 1.29 is 9.84 Å². The molecule has 104 valence electrons. The third kappa shape index (κ3) is 2.71. The molecule has 0 unspecified atom stereocenters. The van der Waals surface area contributed by atoms with E-state index in [0.717, 1.165) is 31.6 Å². The van der Waals surface area contributed by atoms with Crippen LogP contribution in [0.15, 0.2) is 18.3 Å². The zero-order chi connectivity index (χ0) is 13.2. The first-order valence-corrected chi connectivity index (χ1v) is 7.27. The van der Waals surface area contributed by atoms with Crippen LogP contribution in [0, 0.1) is 5.92 Å². The van der Waals surface area contributed by atoms with Crippen LogP contribution in [-0.2, 0) is 4.74 Å². The molecule has 1 aromatic rings. The van der Waals surface area contributed by atoms with Crippen molar-refractivity contribution in [2.45, 2.75) is 31.4 Å². The van der Waals surface area contributed by atoms with Crippen molar-refractivity contribution in [2.24, 2.45) is 5.92 Å². The van der Waals surface area contributed by atoms with E-state index in [1.54, 1.807) is 6.20 Å². The van der Waals surface area contributed by atoms with E-state index in [0.29, 0.717) is 24.3 Å². The molecule has 0 radical (unpaired) electrons. The van der Waals surface area contributed by atoms with Gasteiger partial charge in [-0.05, 0) is 31.4 Å². The Kier molecular flexibility index (Phi) is 3.91. The molecule has 1 aromatic heterocycles. The molecule has 0 spiro atoms. The summed E-state index contributed by atoms with van der Waals surface area (Å²) in [6.45, 7) is 2.31. The standard InChI is InChI=1S/C14H19ClN2O2/c15-10-3-4-14(16-8-10)17-6-1-2-12(17)11-9-19-7-5-13(11)18/h3-4,8,11-13,18H,1-2,5-7,9H2/t11-,12+,13-/m1/s1. The number of aliphatic hydroxyl groups excluding tert-OH is 1. The van der Waals surface area contributed by atoms with E-state index in [-0.39, 0.29) is 12.0 Å². The zero-order valence-corrected chi connectivity index (χ0v) is 11.6. The molecule has 2 fully saturated rings. The highest BCUT2D eigenvalue weighted by molar-refractivity contribution is 6.30. The Morgan fingerprint density at radius 2 is 2.26 bits per heavy atom. The van der Waals surface area contributed by atoms with Crippen LogP contribution in [0.3, 0.4) is 0 Å². The highest BCUT2D eigenvalue weighted by atomic mass is 35.5. The fraction of sp³-hybridized carbons (Fsp3) is 0.643. The summed E-state index contributed by atoms with van der Waals surface area (Å²) in [5.41, 5.74) is 0. The second kappa shape index (κ2) is 5.65. The first kappa shape index (κ1) is 13.2. The molecule has 0 aliphatic carbocycles. The van der Waals surface area contributed by atoms with Crippen LogP contribution < -0.4 is 4.90 Å². The van der Waals surface area contributed by atoms with Gasteiger partial charge in [0, 0.05) is 31.3 Å². The quantitative estimate of drug-likeness (QED) is 0.902. The summed E-state index contributed by atoms with van der Waals surface area (Å²) in [6, 6.07) is 4.15. The van der Waals surface area contributed by atoms with Crippen LogP contribution in [0.5, 0.6) is 0 Å². The molecule has 2 saturated heterocycles. The second-order valence-corrected chi connectivity index (χ2v) is 5.77. The first-order valence-electron chi connectivity index (χ1n) is 6.90. The number of aliphatic hydroxyl groups is 1. The summed E-state index contributed by atoms with van der Waals surface area (Å²) >= 11 is 5.89. The number of anilines is 1. The molecular formula is C14H19ClN2O2. The van der Waals surface area contributed by atoms with Crippen LogP contribution in [-0.4, -0.2) is 42.0 Å². The van der Waals surface area contributed by atoms with Crippen molar-refractivity contribution in [3.8, 4) is 0 Å². The summed E-state index contributed by atoms with van der Waals surface area (Å²) in [6.07, 6.45) is 4.39. The normalized spacial score (nSPS) is 31.7. The predicted molar refractivity (Wildman–Crippen MR) is 74.5 cm³/mol. The monoisotopic (exact) mass is 282 g/mol. The molecule has 3 rings (SSSR count). The molecule has 0 bridgehead atoms. The maximum atomic E-state index is 10.2. The van der Waals surface area contributed by atoms with E-state index in [1.807, 2.05) is 12.1 Å². The average molecular weight is 283 g/mol. The van der Waals surface area contributed by atoms with Gasteiger partial charge in [0.05, 0.1) is 17.7 Å². The Labute approximate surface area is 118 Å². The number of nitrogens with zero attached hydrogens (tertiary/aromatic N) is 2. The van der Waals surface area contributed by atoms with Gasteiger partial charge in [-0.1, -0.05) is 11.6 Å². The predicted octanol–water partition coefficient (Wildman–Crippen LogP) is 2.10. The molecule has 0 saturated carbocycles. The van der Waals surface area contributed by atoms with Crippen LogP contribution in [0.25, 0.3) is 0 Å². The number of ether oxygens (including phenoxy) is 1. The largest absolute Gasteiger partial charge is 0.393 e. The minimum atomic E-state index is -0.258. The zero-order valence-electron chi connectivity index (χ0n) is 10.8. The van der Waals surface area contributed by atoms with Crippen LogP contribution in [0.4, 0.5) is 5.82 Å². The Balaban J connectivity index is 1.79.